The molecule has 1 aliphatic carbocycles. The van der Waals surface area contributed by atoms with Gasteiger partial charge in [-0.15, -0.1) is 11.3 Å². The first-order chi connectivity index (χ1) is 7.75. The first kappa shape index (κ1) is 12.4. The standard InChI is InChI=1S/C12H18ClNOS/c13-10-5-11(16-8-10)7-14-6-9-3-1-2-4-12(9)15/h5,8-9,12,14-15H,1-4,6-7H2. The first-order valence-corrected chi connectivity index (χ1v) is 7.13. The molecule has 0 radical (unpaired) electrons. The molecule has 0 aromatic carbocycles. The molecule has 2 unspecified atom stereocenters. The van der Waals surface area contributed by atoms with E-state index in [0.29, 0.717) is 5.92 Å². The minimum absolute atomic E-state index is 0.104. The fraction of sp³-hybridized carbons (Fsp3) is 0.667. The van der Waals surface area contributed by atoms with Gasteiger partial charge in [-0.2, -0.15) is 0 Å². The van der Waals surface area contributed by atoms with Crippen LogP contribution in [0.15, 0.2) is 11.4 Å². The number of aliphatic hydroxyl groups excluding tert-OH is 1. The Labute approximate surface area is 106 Å². The van der Waals surface area contributed by atoms with Crippen molar-refractivity contribution in [3.05, 3.63) is 21.3 Å². The van der Waals surface area contributed by atoms with Gasteiger partial charge >= 0.3 is 0 Å². The van der Waals surface area contributed by atoms with Crippen LogP contribution in [0.1, 0.15) is 30.6 Å². The Bertz CT molecular complexity index is 329. The maximum atomic E-state index is 9.81. The third-order valence-electron chi connectivity index (χ3n) is 3.20. The van der Waals surface area contributed by atoms with E-state index in [0.717, 1.165) is 31.0 Å². The van der Waals surface area contributed by atoms with E-state index in [1.165, 1.54) is 17.7 Å². The van der Waals surface area contributed by atoms with Gasteiger partial charge in [-0.1, -0.05) is 24.4 Å². The lowest BCUT2D eigenvalue weighted by atomic mass is 9.86. The summed E-state index contributed by atoms with van der Waals surface area (Å²) in [6.07, 6.45) is 4.45. The maximum Gasteiger partial charge on any atom is 0.0580 e. The Hall–Kier alpha value is -0.0900. The lowest BCUT2D eigenvalue weighted by Gasteiger charge is -2.27. The molecule has 0 aliphatic heterocycles. The van der Waals surface area contributed by atoms with Crippen molar-refractivity contribution in [3.8, 4) is 0 Å². The predicted molar refractivity (Wildman–Crippen MR) is 69.0 cm³/mol. The van der Waals surface area contributed by atoms with Crippen molar-refractivity contribution < 1.29 is 5.11 Å². The van der Waals surface area contributed by atoms with Crippen LogP contribution in [-0.2, 0) is 6.54 Å². The van der Waals surface area contributed by atoms with Gasteiger partial charge in [0.25, 0.3) is 0 Å². The summed E-state index contributed by atoms with van der Waals surface area (Å²) in [7, 11) is 0. The van der Waals surface area contributed by atoms with Crippen LogP contribution in [0.25, 0.3) is 0 Å². The van der Waals surface area contributed by atoms with E-state index >= 15 is 0 Å². The SMILES string of the molecule is OC1CCCCC1CNCc1cc(Cl)cs1. The summed E-state index contributed by atoms with van der Waals surface area (Å²) < 4.78 is 0. The van der Waals surface area contributed by atoms with Crippen LogP contribution >= 0.6 is 22.9 Å². The van der Waals surface area contributed by atoms with E-state index in [1.54, 1.807) is 11.3 Å². The van der Waals surface area contributed by atoms with Gasteiger partial charge in [-0.25, -0.2) is 0 Å². The average Bonchev–Trinajstić information content (AvgIpc) is 2.67. The molecule has 2 nitrogen and oxygen atoms in total. The molecule has 0 saturated heterocycles. The quantitative estimate of drug-likeness (QED) is 0.871. The highest BCUT2D eigenvalue weighted by Crippen LogP contribution is 2.24. The normalized spacial score (nSPS) is 25.9. The Morgan fingerprint density at radius 3 is 2.94 bits per heavy atom. The van der Waals surface area contributed by atoms with Crippen molar-refractivity contribution in [2.45, 2.75) is 38.3 Å². The monoisotopic (exact) mass is 259 g/mol. The first-order valence-electron chi connectivity index (χ1n) is 5.87. The summed E-state index contributed by atoms with van der Waals surface area (Å²) in [4.78, 5) is 1.26. The van der Waals surface area contributed by atoms with Gasteiger partial charge in [0, 0.05) is 23.3 Å². The molecule has 2 rings (SSSR count). The number of rotatable bonds is 4. The zero-order valence-corrected chi connectivity index (χ0v) is 10.9. The molecule has 1 saturated carbocycles. The van der Waals surface area contributed by atoms with Gasteiger partial charge in [0.15, 0.2) is 0 Å². The average molecular weight is 260 g/mol. The van der Waals surface area contributed by atoms with Crippen molar-refractivity contribution >= 4 is 22.9 Å². The number of halogens is 1. The van der Waals surface area contributed by atoms with Crippen LogP contribution in [0.5, 0.6) is 0 Å². The molecule has 90 valence electrons. The summed E-state index contributed by atoms with van der Waals surface area (Å²) in [6, 6.07) is 2.00. The van der Waals surface area contributed by atoms with Crippen molar-refractivity contribution in [3.63, 3.8) is 0 Å². The van der Waals surface area contributed by atoms with E-state index in [1.807, 2.05) is 11.4 Å². The van der Waals surface area contributed by atoms with Crippen LogP contribution in [0, 0.1) is 5.92 Å². The number of hydrogen-bond donors (Lipinski definition) is 2. The number of thiophene rings is 1. The minimum atomic E-state index is -0.104. The molecule has 4 heteroatoms. The van der Waals surface area contributed by atoms with Crippen LogP contribution in [0.4, 0.5) is 0 Å². The molecular weight excluding hydrogens is 242 g/mol. The van der Waals surface area contributed by atoms with E-state index in [-0.39, 0.29) is 6.10 Å². The summed E-state index contributed by atoms with van der Waals surface area (Å²) in [6.45, 7) is 1.78. The largest absolute Gasteiger partial charge is 0.393 e. The smallest absolute Gasteiger partial charge is 0.0580 e. The Balaban J connectivity index is 1.71. The lowest BCUT2D eigenvalue weighted by Crippen LogP contribution is -2.33. The number of aliphatic hydroxyl groups is 1. The topological polar surface area (TPSA) is 32.3 Å². The summed E-state index contributed by atoms with van der Waals surface area (Å²) in [5.41, 5.74) is 0. The van der Waals surface area contributed by atoms with Gasteiger partial charge in [0.2, 0.25) is 0 Å². The number of nitrogens with one attached hydrogen (secondary N) is 1. The molecule has 0 spiro atoms. The van der Waals surface area contributed by atoms with Gasteiger partial charge < -0.3 is 10.4 Å². The van der Waals surface area contributed by atoms with Crippen LogP contribution in [-0.4, -0.2) is 17.8 Å². The van der Waals surface area contributed by atoms with Crippen molar-refractivity contribution in [1.29, 1.82) is 0 Å². The highest BCUT2D eigenvalue weighted by molar-refractivity contribution is 7.10. The Kier molecular flexibility index (Phi) is 4.65. The molecule has 0 amide bonds. The zero-order valence-electron chi connectivity index (χ0n) is 9.29. The molecule has 1 aromatic rings. The van der Waals surface area contributed by atoms with Crippen molar-refractivity contribution in [1.82, 2.24) is 5.32 Å². The second kappa shape index (κ2) is 6.01. The molecule has 1 aromatic heterocycles. The molecule has 0 bridgehead atoms. The highest BCUT2D eigenvalue weighted by Gasteiger charge is 2.22. The van der Waals surface area contributed by atoms with Crippen LogP contribution in [0.3, 0.4) is 0 Å². The van der Waals surface area contributed by atoms with Crippen LogP contribution in [0.2, 0.25) is 5.02 Å². The van der Waals surface area contributed by atoms with Gasteiger partial charge in [0.05, 0.1) is 11.1 Å². The van der Waals surface area contributed by atoms with E-state index in [2.05, 4.69) is 5.32 Å². The van der Waals surface area contributed by atoms with Crippen LogP contribution < -0.4 is 5.32 Å². The minimum Gasteiger partial charge on any atom is -0.393 e. The fourth-order valence-electron chi connectivity index (χ4n) is 2.25. The van der Waals surface area contributed by atoms with E-state index in [9.17, 15) is 5.11 Å². The molecule has 2 atom stereocenters. The van der Waals surface area contributed by atoms with Crippen molar-refractivity contribution in [2.24, 2.45) is 5.92 Å². The highest BCUT2D eigenvalue weighted by atomic mass is 35.5. The number of hydrogen-bond acceptors (Lipinski definition) is 3. The van der Waals surface area contributed by atoms with Gasteiger partial charge in [-0.05, 0) is 24.8 Å². The third-order valence-corrected chi connectivity index (χ3v) is 4.48. The van der Waals surface area contributed by atoms with Crippen molar-refractivity contribution in [2.75, 3.05) is 6.54 Å². The predicted octanol–water partition coefficient (Wildman–Crippen LogP) is 3.04. The summed E-state index contributed by atoms with van der Waals surface area (Å²) in [5.74, 6) is 0.434. The Morgan fingerprint density at radius 2 is 2.25 bits per heavy atom. The molecule has 2 N–H and O–H groups in total. The van der Waals surface area contributed by atoms with E-state index < -0.39 is 0 Å². The lowest BCUT2D eigenvalue weighted by molar-refractivity contribution is 0.0695. The maximum absolute atomic E-state index is 9.81. The zero-order chi connectivity index (χ0) is 11.4. The summed E-state index contributed by atoms with van der Waals surface area (Å²) >= 11 is 7.53. The molecular formula is C12H18ClNOS. The van der Waals surface area contributed by atoms with Gasteiger partial charge in [0.1, 0.15) is 0 Å². The molecule has 1 fully saturated rings. The molecule has 1 heterocycles. The fourth-order valence-corrected chi connectivity index (χ4v) is 3.30. The molecule has 1 aliphatic rings. The Morgan fingerprint density at radius 1 is 1.44 bits per heavy atom. The van der Waals surface area contributed by atoms with E-state index in [4.69, 9.17) is 11.6 Å². The molecule has 16 heavy (non-hydrogen) atoms. The summed E-state index contributed by atoms with van der Waals surface area (Å²) in [5, 5.41) is 16.0. The second-order valence-corrected chi connectivity index (χ2v) is 5.91. The van der Waals surface area contributed by atoms with Gasteiger partial charge in [-0.3, -0.25) is 0 Å². The second-order valence-electron chi connectivity index (χ2n) is 4.47. The third kappa shape index (κ3) is 3.45.